The molecular weight excluding hydrogens is 352 g/mol. The van der Waals surface area contributed by atoms with Gasteiger partial charge in [-0.1, -0.05) is 53.2 Å². The molecule has 7 N–H and O–H groups in total. The van der Waals surface area contributed by atoms with E-state index in [9.17, 15) is 4.79 Å². The quantitative estimate of drug-likeness (QED) is 0.341. The Morgan fingerprint density at radius 1 is 1.27 bits per heavy atom. The highest BCUT2D eigenvalue weighted by Gasteiger charge is 2.17. The summed E-state index contributed by atoms with van der Waals surface area (Å²) in [6, 6.07) is 8.01. The molecule has 1 radical (unpaired) electrons. The number of nitrogen functional groups attached to an aromatic ring is 2. The molecule has 0 aliphatic rings. The molecule has 10 heteroatoms. The number of carbonyl (C=O) groups is 1. The number of hydrogen-bond donors (Lipinski definition) is 4. The van der Waals surface area contributed by atoms with Crippen LogP contribution in [0.4, 0.5) is 11.6 Å². The molecule has 1 unspecified atom stereocenters. The van der Waals surface area contributed by atoms with Gasteiger partial charge in [-0.15, -0.1) is 0 Å². The Bertz CT molecular complexity index is 826. The zero-order valence-electron chi connectivity index (χ0n) is 14.5. The van der Waals surface area contributed by atoms with E-state index >= 15 is 0 Å². The largest absolute Gasteiger partial charge is 0.382 e. The summed E-state index contributed by atoms with van der Waals surface area (Å²) in [6.45, 7) is 3.92. The van der Waals surface area contributed by atoms with Gasteiger partial charge in [0.2, 0.25) is 0 Å². The van der Waals surface area contributed by atoms with Gasteiger partial charge < -0.3 is 17.2 Å². The fourth-order valence-electron chi connectivity index (χ4n) is 2.12. The number of aryl methyl sites for hydroxylation is 1. The lowest BCUT2D eigenvalue weighted by atomic mass is 9.65. The Morgan fingerprint density at radius 2 is 1.92 bits per heavy atom. The van der Waals surface area contributed by atoms with Crippen molar-refractivity contribution in [2.24, 2.45) is 10.7 Å². The molecule has 1 aromatic heterocycles. The lowest BCUT2D eigenvalue weighted by Gasteiger charge is -2.10. The number of guanidine groups is 1. The molecule has 0 spiro atoms. The number of aliphatic imine (C=N–C) groups is 1. The highest BCUT2D eigenvalue weighted by Crippen LogP contribution is 2.17. The lowest BCUT2D eigenvalue weighted by molar-refractivity contribution is 0.0972. The van der Waals surface area contributed by atoms with E-state index in [0.717, 1.165) is 5.46 Å². The Labute approximate surface area is 157 Å². The summed E-state index contributed by atoms with van der Waals surface area (Å²) in [5.74, 6) is -0.901. The molecule has 1 aromatic carbocycles. The predicted molar refractivity (Wildman–Crippen MR) is 106 cm³/mol. The van der Waals surface area contributed by atoms with Gasteiger partial charge in [0.15, 0.2) is 35.7 Å². The number of rotatable bonds is 5. The van der Waals surface area contributed by atoms with Crippen molar-refractivity contribution < 1.29 is 4.79 Å². The summed E-state index contributed by atoms with van der Waals surface area (Å²) in [7, 11) is 2.05. The van der Waals surface area contributed by atoms with Gasteiger partial charge in [-0.05, 0) is 13.8 Å². The first-order valence-corrected chi connectivity index (χ1v) is 8.27. The SMILES string of the molecule is Cc1ccc([B]CC(C)N=C(N)NC(=O)c2nc(Cl)c(N)nc2N)cc1. The zero-order valence-corrected chi connectivity index (χ0v) is 15.3. The van der Waals surface area contributed by atoms with Crippen LogP contribution in [-0.4, -0.2) is 35.2 Å². The normalized spacial score (nSPS) is 12.5. The number of aromatic nitrogens is 2. The van der Waals surface area contributed by atoms with Crippen molar-refractivity contribution in [3.8, 4) is 0 Å². The zero-order chi connectivity index (χ0) is 19.3. The topological polar surface area (TPSA) is 145 Å². The number of nitrogens with zero attached hydrogens (tertiary/aromatic N) is 3. The van der Waals surface area contributed by atoms with Crippen LogP contribution in [0.15, 0.2) is 29.3 Å². The van der Waals surface area contributed by atoms with Crippen molar-refractivity contribution in [2.75, 3.05) is 11.5 Å². The molecule has 26 heavy (non-hydrogen) atoms. The minimum absolute atomic E-state index is 0.0473. The number of nitrogens with one attached hydrogen (secondary N) is 1. The van der Waals surface area contributed by atoms with Crippen LogP contribution < -0.4 is 28.0 Å². The van der Waals surface area contributed by atoms with Gasteiger partial charge in [0, 0.05) is 6.04 Å². The van der Waals surface area contributed by atoms with Gasteiger partial charge >= 0.3 is 0 Å². The third-order valence-corrected chi connectivity index (χ3v) is 3.77. The summed E-state index contributed by atoms with van der Waals surface area (Å²) in [5.41, 5.74) is 19.0. The van der Waals surface area contributed by atoms with Crippen molar-refractivity contribution in [3.63, 3.8) is 0 Å². The number of carbonyl (C=O) groups excluding carboxylic acids is 1. The fraction of sp³-hybridized carbons (Fsp3) is 0.250. The summed E-state index contributed by atoms with van der Waals surface area (Å²) in [5, 5.41) is 2.30. The number of amides is 1. The number of nitrogens with two attached hydrogens (primary N) is 3. The molecule has 2 rings (SSSR count). The van der Waals surface area contributed by atoms with E-state index in [1.807, 2.05) is 45.4 Å². The van der Waals surface area contributed by atoms with E-state index in [-0.39, 0.29) is 34.5 Å². The van der Waals surface area contributed by atoms with E-state index in [1.165, 1.54) is 5.56 Å². The molecule has 0 saturated heterocycles. The molecule has 1 amide bonds. The molecule has 135 valence electrons. The summed E-state index contributed by atoms with van der Waals surface area (Å²) in [4.78, 5) is 24.0. The molecule has 0 bridgehead atoms. The number of benzene rings is 1. The first-order valence-electron chi connectivity index (χ1n) is 7.89. The minimum atomic E-state index is -0.659. The smallest absolute Gasteiger partial charge is 0.280 e. The van der Waals surface area contributed by atoms with Gasteiger partial charge in [0.25, 0.3) is 5.91 Å². The van der Waals surface area contributed by atoms with Gasteiger partial charge in [-0.25, -0.2) is 9.97 Å². The standard InChI is InChI=1S/C16H20BClN7O/c1-8-3-5-10(6-4-8)17-7-9(2)22-16(21)25-15(26)11-13(19)24-14(20)12(18)23-11/h3-6,9H,7H2,1-2H3,(H4,19,20,24)(H3,21,22,25,26). The molecule has 1 heterocycles. The fourth-order valence-corrected chi connectivity index (χ4v) is 2.24. The third-order valence-electron chi connectivity index (χ3n) is 3.49. The van der Waals surface area contributed by atoms with Gasteiger partial charge in [-0.3, -0.25) is 15.1 Å². The van der Waals surface area contributed by atoms with Crippen LogP contribution >= 0.6 is 11.6 Å². The second kappa shape index (κ2) is 8.53. The molecule has 0 saturated carbocycles. The molecular formula is C16H20BClN7O. The lowest BCUT2D eigenvalue weighted by Crippen LogP contribution is -2.38. The summed E-state index contributed by atoms with van der Waals surface area (Å²) < 4.78 is 0. The van der Waals surface area contributed by atoms with E-state index < -0.39 is 5.91 Å². The second-order valence-electron chi connectivity index (χ2n) is 5.80. The Balaban J connectivity index is 1.95. The van der Waals surface area contributed by atoms with Crippen LogP contribution in [0, 0.1) is 6.92 Å². The van der Waals surface area contributed by atoms with E-state index in [2.05, 4.69) is 20.3 Å². The predicted octanol–water partition coefficient (Wildman–Crippen LogP) is 0.484. The molecule has 0 fully saturated rings. The van der Waals surface area contributed by atoms with Crippen molar-refractivity contribution in [2.45, 2.75) is 26.2 Å². The van der Waals surface area contributed by atoms with Crippen LogP contribution in [0.5, 0.6) is 0 Å². The number of halogens is 1. The Kier molecular flexibility index (Phi) is 6.40. The van der Waals surface area contributed by atoms with E-state index in [1.54, 1.807) is 0 Å². The highest BCUT2D eigenvalue weighted by atomic mass is 35.5. The van der Waals surface area contributed by atoms with Crippen LogP contribution in [0.3, 0.4) is 0 Å². The van der Waals surface area contributed by atoms with Gasteiger partial charge in [-0.2, -0.15) is 0 Å². The van der Waals surface area contributed by atoms with Crippen molar-refractivity contribution in [1.29, 1.82) is 0 Å². The second-order valence-corrected chi connectivity index (χ2v) is 6.16. The first-order chi connectivity index (χ1) is 12.3. The summed E-state index contributed by atoms with van der Waals surface area (Å²) >= 11 is 5.76. The number of anilines is 2. The Morgan fingerprint density at radius 3 is 2.58 bits per heavy atom. The van der Waals surface area contributed by atoms with Crippen molar-refractivity contribution >= 4 is 47.8 Å². The molecule has 2 aromatic rings. The highest BCUT2D eigenvalue weighted by molar-refractivity contribution is 6.53. The number of hydrogen-bond acceptors (Lipinski definition) is 6. The van der Waals surface area contributed by atoms with Crippen LogP contribution in [0.1, 0.15) is 23.0 Å². The molecule has 0 aliphatic carbocycles. The minimum Gasteiger partial charge on any atom is -0.382 e. The average Bonchev–Trinajstić information content (AvgIpc) is 2.57. The van der Waals surface area contributed by atoms with Crippen LogP contribution in [0.25, 0.3) is 0 Å². The maximum absolute atomic E-state index is 12.2. The van der Waals surface area contributed by atoms with Crippen molar-refractivity contribution in [3.05, 3.63) is 40.7 Å². The summed E-state index contributed by atoms with van der Waals surface area (Å²) in [6.07, 6.45) is 0.662. The average molecular weight is 373 g/mol. The van der Waals surface area contributed by atoms with Crippen LogP contribution in [-0.2, 0) is 0 Å². The third kappa shape index (κ3) is 5.35. The van der Waals surface area contributed by atoms with E-state index in [4.69, 9.17) is 28.8 Å². The van der Waals surface area contributed by atoms with Gasteiger partial charge in [0.1, 0.15) is 0 Å². The first kappa shape index (κ1) is 19.5. The molecule has 8 nitrogen and oxygen atoms in total. The van der Waals surface area contributed by atoms with Crippen molar-refractivity contribution in [1.82, 2.24) is 15.3 Å². The Hall–Kier alpha value is -2.81. The van der Waals surface area contributed by atoms with Gasteiger partial charge in [0.05, 0.1) is 0 Å². The molecule has 0 aliphatic heterocycles. The van der Waals surface area contributed by atoms with E-state index in [0.29, 0.717) is 6.32 Å². The van der Waals surface area contributed by atoms with Crippen LogP contribution in [0.2, 0.25) is 11.5 Å². The maximum atomic E-state index is 12.2. The monoisotopic (exact) mass is 372 g/mol. The maximum Gasteiger partial charge on any atom is 0.280 e. The molecule has 1 atom stereocenters.